The third kappa shape index (κ3) is 3.42. The Balaban J connectivity index is 1.45. The highest BCUT2D eigenvalue weighted by molar-refractivity contribution is 7.26. The summed E-state index contributed by atoms with van der Waals surface area (Å²) in [5.41, 5.74) is 4.51. The number of aromatic nitrogens is 3. The number of hydrogen-bond donors (Lipinski definition) is 0. The quantitative estimate of drug-likeness (QED) is 0.280. The highest BCUT2D eigenvalue weighted by Gasteiger charge is 2.17. The average Bonchev–Trinajstić information content (AvgIpc) is 3.23. The van der Waals surface area contributed by atoms with Gasteiger partial charge in [-0.05, 0) is 47.7 Å². The Morgan fingerprint density at radius 1 is 0.750 bits per heavy atom. The fraction of sp³-hybridized carbons (Fsp3) is 0.0741. The van der Waals surface area contributed by atoms with Crippen LogP contribution in [0.5, 0.6) is 0 Å². The molecular weight excluding hydrogens is 434 g/mol. The summed E-state index contributed by atoms with van der Waals surface area (Å²) in [5.74, 6) is 1.21. The van der Waals surface area contributed by atoms with E-state index >= 15 is 0 Å². The second-order valence-electron chi connectivity index (χ2n) is 7.77. The molecule has 0 saturated carbocycles. The summed E-state index contributed by atoms with van der Waals surface area (Å²) in [4.78, 5) is 13.5. The van der Waals surface area contributed by atoms with Gasteiger partial charge in [0.05, 0.1) is 0 Å². The summed E-state index contributed by atoms with van der Waals surface area (Å²) in [6.45, 7) is 0. The molecule has 0 N–H and O–H groups in total. The van der Waals surface area contributed by atoms with Crippen molar-refractivity contribution in [3.63, 3.8) is 0 Å². The molecule has 1 aliphatic carbocycles. The zero-order chi connectivity index (χ0) is 21.5. The van der Waals surface area contributed by atoms with Crippen molar-refractivity contribution in [1.29, 1.82) is 0 Å². The number of nitrogens with zero attached hydrogens (tertiary/aromatic N) is 3. The number of halogens is 1. The minimum atomic E-state index is 0.210. The van der Waals surface area contributed by atoms with E-state index in [1.807, 2.05) is 41.7 Å². The first-order valence-electron chi connectivity index (χ1n) is 10.5. The first-order valence-corrected chi connectivity index (χ1v) is 11.7. The molecule has 0 saturated heterocycles. The van der Waals surface area contributed by atoms with Gasteiger partial charge in [-0.3, -0.25) is 0 Å². The second kappa shape index (κ2) is 7.97. The number of thiophene rings is 1. The van der Waals surface area contributed by atoms with Crippen molar-refractivity contribution in [3.05, 3.63) is 102 Å². The van der Waals surface area contributed by atoms with E-state index in [9.17, 15) is 0 Å². The lowest BCUT2D eigenvalue weighted by atomic mass is 9.92. The molecule has 0 unspecified atom stereocenters. The van der Waals surface area contributed by atoms with Gasteiger partial charge in [0.15, 0.2) is 11.6 Å². The largest absolute Gasteiger partial charge is 0.226 e. The van der Waals surface area contributed by atoms with Crippen LogP contribution in [0.2, 0.25) is 5.28 Å². The van der Waals surface area contributed by atoms with Crippen LogP contribution in [0.1, 0.15) is 24.2 Å². The number of allylic oxidation sites excluding steroid dienone is 4. The van der Waals surface area contributed by atoms with Gasteiger partial charge in [0.2, 0.25) is 5.28 Å². The van der Waals surface area contributed by atoms with Crippen LogP contribution >= 0.6 is 22.9 Å². The fourth-order valence-electron chi connectivity index (χ4n) is 4.27. The minimum Gasteiger partial charge on any atom is -0.208 e. The molecule has 5 heteroatoms. The third-order valence-corrected chi connectivity index (χ3v) is 7.15. The van der Waals surface area contributed by atoms with E-state index in [0.29, 0.717) is 11.6 Å². The van der Waals surface area contributed by atoms with E-state index in [1.54, 1.807) is 0 Å². The molecule has 2 aromatic heterocycles. The molecule has 6 rings (SSSR count). The predicted molar refractivity (Wildman–Crippen MR) is 135 cm³/mol. The van der Waals surface area contributed by atoms with Gasteiger partial charge >= 0.3 is 0 Å². The van der Waals surface area contributed by atoms with Crippen molar-refractivity contribution in [3.8, 4) is 11.4 Å². The average molecular weight is 452 g/mol. The lowest BCUT2D eigenvalue weighted by Gasteiger charge is -2.15. The molecule has 0 bridgehead atoms. The van der Waals surface area contributed by atoms with Crippen LogP contribution in [0, 0.1) is 0 Å². The molecule has 5 aromatic rings. The molecule has 0 radical (unpaired) electrons. The van der Waals surface area contributed by atoms with Gasteiger partial charge in [-0.15, -0.1) is 11.3 Å². The van der Waals surface area contributed by atoms with Crippen LogP contribution in [-0.2, 0) is 0 Å². The molecule has 0 atom stereocenters. The maximum atomic E-state index is 6.29. The van der Waals surface area contributed by atoms with Crippen molar-refractivity contribution >= 4 is 54.3 Å². The van der Waals surface area contributed by atoms with Gasteiger partial charge < -0.3 is 0 Å². The van der Waals surface area contributed by atoms with Crippen LogP contribution in [0.15, 0.2) is 84.9 Å². The molecule has 0 fully saturated rings. The molecule has 3 nitrogen and oxygen atoms in total. The highest BCUT2D eigenvalue weighted by Crippen LogP contribution is 2.40. The van der Waals surface area contributed by atoms with Crippen LogP contribution in [-0.4, -0.2) is 15.0 Å². The molecular formula is C27H18ClN3S. The SMILES string of the molecule is Clc1nc(C2=CCCC(c3cccc4c3sc3ccccc34)=C2)nc(-c2ccccc2)n1. The first-order chi connectivity index (χ1) is 15.8. The van der Waals surface area contributed by atoms with E-state index in [0.717, 1.165) is 24.0 Å². The molecule has 0 spiro atoms. The molecule has 154 valence electrons. The zero-order valence-electron chi connectivity index (χ0n) is 17.1. The molecule has 1 aliphatic rings. The van der Waals surface area contributed by atoms with Gasteiger partial charge in [0, 0.05) is 31.3 Å². The summed E-state index contributed by atoms with van der Waals surface area (Å²) < 4.78 is 2.65. The lowest BCUT2D eigenvalue weighted by molar-refractivity contribution is 1.01. The topological polar surface area (TPSA) is 38.7 Å². The van der Waals surface area contributed by atoms with Gasteiger partial charge in [-0.2, -0.15) is 9.97 Å². The van der Waals surface area contributed by atoms with Crippen molar-refractivity contribution in [2.75, 3.05) is 0 Å². The van der Waals surface area contributed by atoms with E-state index in [1.165, 1.54) is 31.3 Å². The van der Waals surface area contributed by atoms with Gasteiger partial charge in [-0.25, -0.2) is 4.98 Å². The summed E-state index contributed by atoms with van der Waals surface area (Å²) in [5, 5.41) is 2.84. The smallest absolute Gasteiger partial charge is 0.208 e. The van der Waals surface area contributed by atoms with E-state index in [4.69, 9.17) is 16.6 Å². The summed E-state index contributed by atoms with van der Waals surface area (Å²) in [7, 11) is 0. The number of fused-ring (bicyclic) bond motifs is 3. The summed E-state index contributed by atoms with van der Waals surface area (Å²) >= 11 is 8.15. The van der Waals surface area contributed by atoms with Crippen LogP contribution in [0.4, 0.5) is 0 Å². The molecule has 2 heterocycles. The second-order valence-corrected chi connectivity index (χ2v) is 9.16. The standard InChI is InChI=1S/C27H18ClN3S/c28-27-30-25(17-8-2-1-3-9-17)29-26(31-27)19-11-6-10-18(16-19)20-13-7-14-22-21-12-4-5-15-23(21)32-24(20)22/h1-5,7-9,11-16H,6,10H2. The van der Waals surface area contributed by atoms with E-state index in [2.05, 4.69) is 64.6 Å². The van der Waals surface area contributed by atoms with Gasteiger partial charge in [0.25, 0.3) is 0 Å². The van der Waals surface area contributed by atoms with Crippen molar-refractivity contribution in [1.82, 2.24) is 15.0 Å². The Hall–Kier alpha value is -3.34. The third-order valence-electron chi connectivity index (χ3n) is 5.76. The van der Waals surface area contributed by atoms with Gasteiger partial charge in [-0.1, -0.05) is 72.8 Å². The van der Waals surface area contributed by atoms with E-state index < -0.39 is 0 Å². The Morgan fingerprint density at radius 2 is 1.53 bits per heavy atom. The van der Waals surface area contributed by atoms with Crippen molar-refractivity contribution < 1.29 is 0 Å². The Bertz CT molecular complexity index is 1530. The minimum absolute atomic E-state index is 0.210. The predicted octanol–water partition coefficient (Wildman–Crippen LogP) is 7.82. The monoisotopic (exact) mass is 451 g/mol. The van der Waals surface area contributed by atoms with Crippen LogP contribution in [0.25, 0.3) is 42.7 Å². The Kier molecular flexibility index (Phi) is 4.82. The Morgan fingerprint density at radius 3 is 2.44 bits per heavy atom. The summed E-state index contributed by atoms with van der Waals surface area (Å²) in [6, 6.07) is 25.1. The Labute approximate surface area is 194 Å². The summed E-state index contributed by atoms with van der Waals surface area (Å²) in [6.07, 6.45) is 6.33. The number of benzene rings is 3. The lowest BCUT2D eigenvalue weighted by Crippen LogP contribution is -2.02. The van der Waals surface area contributed by atoms with Crippen LogP contribution in [0.3, 0.4) is 0 Å². The number of hydrogen-bond acceptors (Lipinski definition) is 4. The van der Waals surface area contributed by atoms with Gasteiger partial charge in [0.1, 0.15) is 0 Å². The van der Waals surface area contributed by atoms with E-state index in [-0.39, 0.29) is 5.28 Å². The van der Waals surface area contributed by atoms with Crippen LogP contribution < -0.4 is 0 Å². The molecule has 32 heavy (non-hydrogen) atoms. The van der Waals surface area contributed by atoms with Crippen molar-refractivity contribution in [2.45, 2.75) is 12.8 Å². The normalized spacial score (nSPS) is 13.9. The first kappa shape index (κ1) is 19.4. The molecule has 0 aliphatic heterocycles. The maximum Gasteiger partial charge on any atom is 0.226 e. The highest BCUT2D eigenvalue weighted by atomic mass is 35.5. The van der Waals surface area contributed by atoms with Crippen molar-refractivity contribution in [2.24, 2.45) is 0 Å². The fourth-order valence-corrected chi connectivity index (χ4v) is 5.68. The zero-order valence-corrected chi connectivity index (χ0v) is 18.7. The molecule has 3 aromatic carbocycles. The number of rotatable bonds is 3. The maximum absolute atomic E-state index is 6.29. The molecule has 0 amide bonds.